The molecule has 172 valence electrons. The van der Waals surface area contributed by atoms with Gasteiger partial charge in [-0.25, -0.2) is 9.59 Å². The molecule has 1 aliphatic heterocycles. The van der Waals surface area contributed by atoms with Crippen molar-refractivity contribution in [3.8, 4) is 0 Å². The molecule has 0 spiro atoms. The van der Waals surface area contributed by atoms with Crippen LogP contribution in [0, 0.1) is 5.92 Å². The third kappa shape index (κ3) is 5.64. The average molecular weight is 447 g/mol. The van der Waals surface area contributed by atoms with Crippen LogP contribution in [0.15, 0.2) is 66.4 Å². The van der Waals surface area contributed by atoms with Gasteiger partial charge in [-0.15, -0.1) is 0 Å². The largest absolute Gasteiger partial charge is 0.478 e. The quantitative estimate of drug-likeness (QED) is 0.482. The second kappa shape index (κ2) is 10.4. The van der Waals surface area contributed by atoms with Crippen LogP contribution in [-0.4, -0.2) is 39.7 Å². The predicted octanol–water partition coefficient (Wildman–Crippen LogP) is 5.57. The number of carbonyl (C=O) groups is 2. The van der Waals surface area contributed by atoms with Crippen LogP contribution in [0.1, 0.15) is 37.3 Å². The molecule has 0 aliphatic carbocycles. The molecule has 33 heavy (non-hydrogen) atoms. The number of carboxylic acids is 1. The number of hydrogen-bond donors (Lipinski definition) is 1. The van der Waals surface area contributed by atoms with Gasteiger partial charge in [0.05, 0.1) is 0 Å². The first-order chi connectivity index (χ1) is 16.0. The molecule has 1 N–H and O–H groups in total. The predicted molar refractivity (Wildman–Crippen MR) is 129 cm³/mol. The number of carbonyl (C=O) groups excluding carboxylic acids is 1. The number of aliphatic carboxylic acids is 1. The zero-order chi connectivity index (χ0) is 23.2. The molecule has 3 aromatic rings. The van der Waals surface area contributed by atoms with Crippen LogP contribution in [0.5, 0.6) is 0 Å². The second-order valence-electron chi connectivity index (χ2n) is 8.69. The molecule has 6 nitrogen and oxygen atoms in total. The lowest BCUT2D eigenvalue weighted by atomic mass is 9.94. The normalized spacial score (nSPS) is 15.1. The SMILES string of the molecule is C/C(=C\c1cn(CCC2CCN(C(=O)OCc3ccccc3)CC2)c2ccccc12)C(=O)O. The van der Waals surface area contributed by atoms with Crippen molar-refractivity contribution in [2.45, 2.75) is 39.3 Å². The molecule has 2 heterocycles. The molecule has 2 aromatic carbocycles. The summed E-state index contributed by atoms with van der Waals surface area (Å²) in [6, 6.07) is 17.8. The number of piperidine rings is 1. The fourth-order valence-electron chi connectivity index (χ4n) is 4.41. The standard InChI is InChI=1S/C27H30N2O4/c1-20(26(30)31)17-23-18-29(25-10-6-5-9-24(23)25)16-13-21-11-14-28(15-12-21)27(32)33-19-22-7-3-2-4-8-22/h2-10,17-18,21H,11-16,19H2,1H3,(H,30,31)/b20-17+. The number of likely N-dealkylation sites (tertiary alicyclic amines) is 1. The lowest BCUT2D eigenvalue weighted by Crippen LogP contribution is -2.38. The van der Waals surface area contributed by atoms with Gasteiger partial charge in [0.2, 0.25) is 0 Å². The minimum atomic E-state index is -0.902. The zero-order valence-corrected chi connectivity index (χ0v) is 18.9. The number of fused-ring (bicyclic) bond motifs is 1. The summed E-state index contributed by atoms with van der Waals surface area (Å²) in [4.78, 5) is 25.5. The number of rotatable bonds is 7. The first kappa shape index (κ1) is 22.6. The van der Waals surface area contributed by atoms with E-state index in [2.05, 4.69) is 10.6 Å². The average Bonchev–Trinajstić information content (AvgIpc) is 3.19. The first-order valence-electron chi connectivity index (χ1n) is 11.5. The van der Waals surface area contributed by atoms with Crippen LogP contribution in [0.25, 0.3) is 17.0 Å². The number of aryl methyl sites for hydroxylation is 1. The molecule has 1 aliphatic rings. The Morgan fingerprint density at radius 2 is 1.76 bits per heavy atom. The summed E-state index contributed by atoms with van der Waals surface area (Å²) in [5.74, 6) is -0.357. The number of para-hydroxylation sites is 1. The van der Waals surface area contributed by atoms with Crippen molar-refractivity contribution in [3.05, 3.63) is 77.5 Å². The fourth-order valence-corrected chi connectivity index (χ4v) is 4.41. The van der Waals surface area contributed by atoms with Crippen molar-refractivity contribution in [3.63, 3.8) is 0 Å². The maximum atomic E-state index is 12.4. The third-order valence-electron chi connectivity index (χ3n) is 6.38. The third-order valence-corrected chi connectivity index (χ3v) is 6.38. The van der Waals surface area contributed by atoms with Crippen LogP contribution in [0.3, 0.4) is 0 Å². The molecule has 0 radical (unpaired) electrons. The summed E-state index contributed by atoms with van der Waals surface area (Å²) >= 11 is 0. The zero-order valence-electron chi connectivity index (χ0n) is 18.9. The fraction of sp³-hybridized carbons (Fsp3) is 0.333. The summed E-state index contributed by atoms with van der Waals surface area (Å²) in [6.45, 7) is 4.22. The molecule has 1 saturated heterocycles. The molecular weight excluding hydrogens is 416 g/mol. The van der Waals surface area contributed by atoms with Gasteiger partial charge < -0.3 is 19.3 Å². The van der Waals surface area contributed by atoms with E-state index in [1.165, 1.54) is 0 Å². The van der Waals surface area contributed by atoms with Crippen molar-refractivity contribution in [1.82, 2.24) is 9.47 Å². The van der Waals surface area contributed by atoms with Gasteiger partial charge in [-0.05, 0) is 49.8 Å². The monoisotopic (exact) mass is 446 g/mol. The first-order valence-corrected chi connectivity index (χ1v) is 11.5. The van der Waals surface area contributed by atoms with E-state index >= 15 is 0 Å². The van der Waals surface area contributed by atoms with Gasteiger partial charge in [0, 0.05) is 47.9 Å². The van der Waals surface area contributed by atoms with Crippen LogP contribution in [0.4, 0.5) is 4.79 Å². The summed E-state index contributed by atoms with van der Waals surface area (Å²) in [7, 11) is 0. The van der Waals surface area contributed by atoms with Gasteiger partial charge in [-0.2, -0.15) is 0 Å². The molecule has 0 bridgehead atoms. The highest BCUT2D eigenvalue weighted by atomic mass is 16.6. The lowest BCUT2D eigenvalue weighted by molar-refractivity contribution is -0.132. The Morgan fingerprint density at radius 3 is 2.48 bits per heavy atom. The number of nitrogens with zero attached hydrogens (tertiary/aromatic N) is 2. The minimum Gasteiger partial charge on any atom is -0.478 e. The molecule has 6 heteroatoms. The van der Waals surface area contributed by atoms with Crippen LogP contribution < -0.4 is 0 Å². The van der Waals surface area contributed by atoms with Crippen LogP contribution in [-0.2, 0) is 22.7 Å². The summed E-state index contributed by atoms with van der Waals surface area (Å²) in [6.07, 6.45) is 6.49. The number of benzene rings is 2. The lowest BCUT2D eigenvalue weighted by Gasteiger charge is -2.31. The van der Waals surface area contributed by atoms with Crippen LogP contribution >= 0.6 is 0 Å². The Bertz CT molecular complexity index is 1140. The molecule has 1 fully saturated rings. The molecule has 4 rings (SSSR count). The van der Waals surface area contributed by atoms with E-state index in [0.717, 1.165) is 60.9 Å². The Hall–Kier alpha value is -3.54. The van der Waals surface area contributed by atoms with Crippen molar-refractivity contribution < 1.29 is 19.4 Å². The van der Waals surface area contributed by atoms with Crippen molar-refractivity contribution in [2.24, 2.45) is 5.92 Å². The van der Waals surface area contributed by atoms with Gasteiger partial charge >= 0.3 is 12.1 Å². The Balaban J connectivity index is 1.31. The molecule has 0 saturated carbocycles. The van der Waals surface area contributed by atoms with Gasteiger partial charge in [-0.1, -0.05) is 48.5 Å². The second-order valence-corrected chi connectivity index (χ2v) is 8.69. The molecule has 0 atom stereocenters. The summed E-state index contributed by atoms with van der Waals surface area (Å²) in [5.41, 5.74) is 3.36. The van der Waals surface area contributed by atoms with Crippen molar-refractivity contribution in [1.29, 1.82) is 0 Å². The number of hydrogen-bond acceptors (Lipinski definition) is 3. The van der Waals surface area contributed by atoms with E-state index in [-0.39, 0.29) is 6.09 Å². The van der Waals surface area contributed by atoms with E-state index in [0.29, 0.717) is 18.1 Å². The molecule has 1 aromatic heterocycles. The van der Waals surface area contributed by atoms with Crippen molar-refractivity contribution in [2.75, 3.05) is 13.1 Å². The minimum absolute atomic E-state index is 0.237. The highest BCUT2D eigenvalue weighted by molar-refractivity contribution is 5.96. The summed E-state index contributed by atoms with van der Waals surface area (Å²) < 4.78 is 7.69. The highest BCUT2D eigenvalue weighted by Crippen LogP contribution is 2.27. The number of amides is 1. The van der Waals surface area contributed by atoms with Gasteiger partial charge in [0.1, 0.15) is 6.61 Å². The maximum Gasteiger partial charge on any atom is 0.410 e. The van der Waals surface area contributed by atoms with Crippen LogP contribution in [0.2, 0.25) is 0 Å². The van der Waals surface area contributed by atoms with E-state index < -0.39 is 5.97 Å². The Morgan fingerprint density at radius 1 is 1.06 bits per heavy atom. The number of aromatic nitrogens is 1. The molecule has 0 unspecified atom stereocenters. The topological polar surface area (TPSA) is 71.8 Å². The van der Waals surface area contributed by atoms with Gasteiger partial charge in [-0.3, -0.25) is 0 Å². The molecule has 1 amide bonds. The van der Waals surface area contributed by atoms with E-state index in [4.69, 9.17) is 4.74 Å². The Labute approximate surface area is 194 Å². The van der Waals surface area contributed by atoms with E-state index in [1.54, 1.807) is 13.0 Å². The Kier molecular flexibility index (Phi) is 7.13. The van der Waals surface area contributed by atoms with Gasteiger partial charge in [0.15, 0.2) is 0 Å². The van der Waals surface area contributed by atoms with E-state index in [9.17, 15) is 14.7 Å². The van der Waals surface area contributed by atoms with Crippen molar-refractivity contribution >= 4 is 29.0 Å². The van der Waals surface area contributed by atoms with Gasteiger partial charge in [0.25, 0.3) is 0 Å². The summed E-state index contributed by atoms with van der Waals surface area (Å²) in [5, 5.41) is 10.3. The number of ether oxygens (including phenoxy) is 1. The smallest absolute Gasteiger partial charge is 0.410 e. The maximum absolute atomic E-state index is 12.4. The van der Waals surface area contributed by atoms with E-state index in [1.807, 2.05) is 59.6 Å². The molecular formula is C27H30N2O4. The number of carboxylic acid groups (broad SMARTS) is 1. The highest BCUT2D eigenvalue weighted by Gasteiger charge is 2.24.